The predicted molar refractivity (Wildman–Crippen MR) is 68.1 cm³/mol. The Kier molecular flexibility index (Phi) is 3.93. The van der Waals surface area contributed by atoms with Crippen molar-refractivity contribution in [2.45, 2.75) is 51.9 Å². The standard InChI is InChI=1S/C14H23NO3/c1-10-4-2-5-11(8-10)9-15-12(16)14(13(17)18)6-3-7-14/h10-11H,2-9H2,1H3,(H,15,16)(H,17,18). The van der Waals surface area contributed by atoms with Crippen LogP contribution < -0.4 is 5.32 Å². The zero-order valence-electron chi connectivity index (χ0n) is 11.1. The lowest BCUT2D eigenvalue weighted by atomic mass is 9.68. The quantitative estimate of drug-likeness (QED) is 0.755. The summed E-state index contributed by atoms with van der Waals surface area (Å²) in [5.74, 6) is 0.0455. The first-order chi connectivity index (χ1) is 8.54. The van der Waals surface area contributed by atoms with Gasteiger partial charge in [0.15, 0.2) is 0 Å². The minimum absolute atomic E-state index is 0.264. The molecule has 2 aliphatic carbocycles. The molecule has 0 aromatic rings. The summed E-state index contributed by atoms with van der Waals surface area (Å²) >= 11 is 0. The molecule has 2 atom stereocenters. The Morgan fingerprint density at radius 2 is 2.00 bits per heavy atom. The van der Waals surface area contributed by atoms with Crippen molar-refractivity contribution in [1.29, 1.82) is 0 Å². The molecule has 0 aliphatic heterocycles. The first kappa shape index (κ1) is 13.4. The number of hydrogen-bond acceptors (Lipinski definition) is 2. The fourth-order valence-electron chi connectivity index (χ4n) is 3.22. The van der Waals surface area contributed by atoms with Crippen LogP contribution in [-0.4, -0.2) is 23.5 Å². The Bertz CT molecular complexity index is 336. The number of carbonyl (C=O) groups excluding carboxylic acids is 1. The van der Waals surface area contributed by atoms with E-state index in [2.05, 4.69) is 12.2 Å². The first-order valence-corrected chi connectivity index (χ1v) is 7.06. The average molecular weight is 253 g/mol. The van der Waals surface area contributed by atoms with E-state index in [1.54, 1.807) is 0 Å². The van der Waals surface area contributed by atoms with Gasteiger partial charge in [-0.05, 0) is 37.5 Å². The second kappa shape index (κ2) is 5.29. The average Bonchev–Trinajstić information content (AvgIpc) is 2.24. The smallest absolute Gasteiger partial charge is 0.319 e. The van der Waals surface area contributed by atoms with Gasteiger partial charge in [0.1, 0.15) is 5.41 Å². The monoisotopic (exact) mass is 253 g/mol. The molecule has 4 nitrogen and oxygen atoms in total. The molecule has 102 valence electrons. The van der Waals surface area contributed by atoms with Crippen molar-refractivity contribution in [2.24, 2.45) is 17.3 Å². The molecule has 2 unspecified atom stereocenters. The summed E-state index contributed by atoms with van der Waals surface area (Å²) in [6.07, 6.45) is 6.66. The summed E-state index contributed by atoms with van der Waals surface area (Å²) in [6.45, 7) is 2.90. The number of amides is 1. The number of carboxylic acids is 1. The second-order valence-electron chi connectivity index (χ2n) is 6.09. The molecule has 2 fully saturated rings. The number of nitrogens with one attached hydrogen (secondary N) is 1. The van der Waals surface area contributed by atoms with Gasteiger partial charge in [0.05, 0.1) is 0 Å². The molecule has 2 N–H and O–H groups in total. The molecule has 0 aromatic heterocycles. The number of hydrogen-bond donors (Lipinski definition) is 2. The summed E-state index contributed by atoms with van der Waals surface area (Å²) in [6, 6.07) is 0. The third kappa shape index (κ3) is 2.52. The van der Waals surface area contributed by atoms with Crippen LogP contribution in [0.1, 0.15) is 51.9 Å². The molecule has 18 heavy (non-hydrogen) atoms. The Morgan fingerprint density at radius 3 is 2.50 bits per heavy atom. The van der Waals surface area contributed by atoms with Crippen LogP contribution in [0.2, 0.25) is 0 Å². The van der Waals surface area contributed by atoms with Crippen molar-refractivity contribution >= 4 is 11.9 Å². The molecule has 2 aliphatic rings. The van der Waals surface area contributed by atoms with Gasteiger partial charge in [0.2, 0.25) is 5.91 Å². The zero-order valence-corrected chi connectivity index (χ0v) is 11.1. The van der Waals surface area contributed by atoms with Crippen molar-refractivity contribution in [1.82, 2.24) is 5.32 Å². The molecule has 0 heterocycles. The van der Waals surface area contributed by atoms with Crippen LogP contribution in [-0.2, 0) is 9.59 Å². The van der Waals surface area contributed by atoms with E-state index in [0.717, 1.165) is 25.2 Å². The lowest BCUT2D eigenvalue weighted by Crippen LogP contribution is -2.52. The molecule has 0 saturated heterocycles. The minimum Gasteiger partial charge on any atom is -0.480 e. The SMILES string of the molecule is CC1CCCC(CNC(=O)C2(C(=O)O)CCC2)C1. The predicted octanol–water partition coefficient (Wildman–Crippen LogP) is 2.18. The topological polar surface area (TPSA) is 66.4 Å². The third-order valence-corrected chi connectivity index (χ3v) is 4.65. The molecule has 0 spiro atoms. The number of aliphatic carboxylic acids is 1. The van der Waals surface area contributed by atoms with Crippen LogP contribution in [0.25, 0.3) is 0 Å². The van der Waals surface area contributed by atoms with Crippen LogP contribution in [0.15, 0.2) is 0 Å². The number of carboxylic acid groups (broad SMARTS) is 1. The normalized spacial score (nSPS) is 30.3. The Labute approximate surface area is 108 Å². The van der Waals surface area contributed by atoms with Crippen molar-refractivity contribution in [2.75, 3.05) is 6.54 Å². The molecule has 0 radical (unpaired) electrons. The molecule has 2 rings (SSSR count). The van der Waals surface area contributed by atoms with Crippen molar-refractivity contribution < 1.29 is 14.7 Å². The molecule has 4 heteroatoms. The highest BCUT2D eigenvalue weighted by atomic mass is 16.4. The van der Waals surface area contributed by atoms with Gasteiger partial charge in [0, 0.05) is 6.54 Å². The minimum atomic E-state index is -1.11. The second-order valence-corrected chi connectivity index (χ2v) is 6.09. The van der Waals surface area contributed by atoms with E-state index in [0.29, 0.717) is 25.3 Å². The highest BCUT2D eigenvalue weighted by Gasteiger charge is 2.51. The van der Waals surface area contributed by atoms with E-state index in [9.17, 15) is 14.7 Å². The van der Waals surface area contributed by atoms with Crippen LogP contribution in [0.5, 0.6) is 0 Å². The fourth-order valence-corrected chi connectivity index (χ4v) is 3.22. The summed E-state index contributed by atoms with van der Waals surface area (Å²) in [5.41, 5.74) is -1.11. The van der Waals surface area contributed by atoms with E-state index in [1.165, 1.54) is 12.8 Å². The van der Waals surface area contributed by atoms with Gasteiger partial charge in [-0.3, -0.25) is 9.59 Å². The van der Waals surface area contributed by atoms with E-state index in [-0.39, 0.29) is 5.91 Å². The molecule has 2 saturated carbocycles. The van der Waals surface area contributed by atoms with Gasteiger partial charge in [-0.1, -0.05) is 26.2 Å². The Morgan fingerprint density at radius 1 is 1.28 bits per heavy atom. The highest BCUT2D eigenvalue weighted by molar-refractivity contribution is 6.02. The van der Waals surface area contributed by atoms with E-state index in [1.807, 2.05) is 0 Å². The highest BCUT2D eigenvalue weighted by Crippen LogP contribution is 2.41. The lowest BCUT2D eigenvalue weighted by Gasteiger charge is -2.36. The molecular formula is C14H23NO3. The fraction of sp³-hybridized carbons (Fsp3) is 0.857. The van der Waals surface area contributed by atoms with Crippen molar-refractivity contribution in [3.05, 3.63) is 0 Å². The molecule has 1 amide bonds. The van der Waals surface area contributed by atoms with E-state index in [4.69, 9.17) is 0 Å². The van der Waals surface area contributed by atoms with Gasteiger partial charge >= 0.3 is 5.97 Å². The van der Waals surface area contributed by atoms with Gasteiger partial charge in [0.25, 0.3) is 0 Å². The zero-order chi connectivity index (χ0) is 13.2. The maximum Gasteiger partial charge on any atom is 0.319 e. The summed E-state index contributed by atoms with van der Waals surface area (Å²) in [4.78, 5) is 23.2. The van der Waals surface area contributed by atoms with Gasteiger partial charge in [-0.15, -0.1) is 0 Å². The lowest BCUT2D eigenvalue weighted by molar-refractivity contribution is -0.162. The van der Waals surface area contributed by atoms with Crippen molar-refractivity contribution in [3.8, 4) is 0 Å². The maximum atomic E-state index is 12.0. The Balaban J connectivity index is 1.82. The molecule has 0 aromatic carbocycles. The number of rotatable bonds is 4. The summed E-state index contributed by atoms with van der Waals surface area (Å²) in [7, 11) is 0. The van der Waals surface area contributed by atoms with E-state index < -0.39 is 11.4 Å². The van der Waals surface area contributed by atoms with Crippen LogP contribution in [0, 0.1) is 17.3 Å². The van der Waals surface area contributed by atoms with Gasteiger partial charge in [-0.2, -0.15) is 0 Å². The summed E-state index contributed by atoms with van der Waals surface area (Å²) in [5, 5.41) is 12.0. The van der Waals surface area contributed by atoms with Gasteiger partial charge in [-0.25, -0.2) is 0 Å². The van der Waals surface area contributed by atoms with Crippen LogP contribution >= 0.6 is 0 Å². The van der Waals surface area contributed by atoms with Crippen LogP contribution in [0.4, 0.5) is 0 Å². The molecular weight excluding hydrogens is 230 g/mol. The van der Waals surface area contributed by atoms with Gasteiger partial charge < -0.3 is 10.4 Å². The van der Waals surface area contributed by atoms with Crippen molar-refractivity contribution in [3.63, 3.8) is 0 Å². The largest absolute Gasteiger partial charge is 0.480 e. The van der Waals surface area contributed by atoms with Crippen LogP contribution in [0.3, 0.4) is 0 Å². The van der Waals surface area contributed by atoms with E-state index >= 15 is 0 Å². The molecule has 0 bridgehead atoms. The summed E-state index contributed by atoms with van der Waals surface area (Å²) < 4.78 is 0. The third-order valence-electron chi connectivity index (χ3n) is 4.65. The number of carbonyl (C=O) groups is 2. The first-order valence-electron chi connectivity index (χ1n) is 7.06. The Hall–Kier alpha value is -1.06. The maximum absolute atomic E-state index is 12.0.